The Bertz CT molecular complexity index is 844. The van der Waals surface area contributed by atoms with Crippen LogP contribution < -0.4 is 10.9 Å². The van der Waals surface area contributed by atoms with Crippen molar-refractivity contribution in [3.8, 4) is 5.75 Å². The third-order valence-electron chi connectivity index (χ3n) is 3.32. The summed E-state index contributed by atoms with van der Waals surface area (Å²) in [6.45, 7) is 1.86. The summed E-state index contributed by atoms with van der Waals surface area (Å²) >= 11 is 0. The van der Waals surface area contributed by atoms with Crippen LogP contribution in [-0.2, 0) is 4.79 Å². The summed E-state index contributed by atoms with van der Waals surface area (Å²) < 4.78 is 0. The molecular formula is C18H17N3O4. The minimum atomic E-state index is -0.666. The van der Waals surface area contributed by atoms with Gasteiger partial charge in [0.2, 0.25) is 0 Å². The number of hydrogen-bond acceptors (Lipinski definition) is 5. The smallest absolute Gasteiger partial charge is 0.271 e. The van der Waals surface area contributed by atoms with Crippen LogP contribution >= 0.6 is 0 Å². The Morgan fingerprint density at radius 1 is 1.16 bits per heavy atom. The van der Waals surface area contributed by atoms with Gasteiger partial charge in [-0.1, -0.05) is 18.2 Å². The molecule has 0 saturated carbocycles. The Morgan fingerprint density at radius 2 is 1.96 bits per heavy atom. The molecule has 0 fully saturated rings. The van der Waals surface area contributed by atoms with Gasteiger partial charge >= 0.3 is 0 Å². The number of rotatable bonds is 5. The predicted molar refractivity (Wildman–Crippen MR) is 93.3 cm³/mol. The largest absolute Gasteiger partial charge is 0.508 e. The van der Waals surface area contributed by atoms with Gasteiger partial charge in [-0.15, -0.1) is 0 Å². The van der Waals surface area contributed by atoms with Crippen LogP contribution in [0.2, 0.25) is 0 Å². The number of aryl methyl sites for hydroxylation is 1. The summed E-state index contributed by atoms with van der Waals surface area (Å²) in [7, 11) is 0. The van der Waals surface area contributed by atoms with E-state index in [1.54, 1.807) is 42.5 Å². The molecule has 2 aromatic rings. The van der Waals surface area contributed by atoms with Crippen LogP contribution in [0.25, 0.3) is 6.08 Å². The monoisotopic (exact) mass is 339 g/mol. The van der Waals surface area contributed by atoms with E-state index in [2.05, 4.69) is 10.5 Å². The van der Waals surface area contributed by atoms with E-state index < -0.39 is 11.8 Å². The molecule has 7 heteroatoms. The predicted octanol–water partition coefficient (Wildman–Crippen LogP) is 1.98. The topological polar surface area (TPSA) is 111 Å². The molecule has 0 aliphatic heterocycles. The van der Waals surface area contributed by atoms with E-state index in [1.165, 1.54) is 17.8 Å². The van der Waals surface area contributed by atoms with Crippen LogP contribution in [0.3, 0.4) is 0 Å². The fraction of sp³-hybridized carbons (Fsp3) is 0.0556. The molecule has 2 amide bonds. The van der Waals surface area contributed by atoms with Gasteiger partial charge in [0, 0.05) is 17.2 Å². The van der Waals surface area contributed by atoms with Gasteiger partial charge in [0.1, 0.15) is 5.75 Å². The van der Waals surface area contributed by atoms with Crippen molar-refractivity contribution in [3.63, 3.8) is 0 Å². The zero-order valence-corrected chi connectivity index (χ0v) is 13.4. The minimum absolute atomic E-state index is 0.116. The molecule has 0 atom stereocenters. The van der Waals surface area contributed by atoms with Crippen molar-refractivity contribution >= 4 is 24.1 Å². The highest BCUT2D eigenvalue weighted by Gasteiger charge is 2.04. The van der Waals surface area contributed by atoms with E-state index in [0.29, 0.717) is 16.7 Å². The highest BCUT2D eigenvalue weighted by atomic mass is 16.5. The SMILES string of the molecule is Cc1ccc(O)cc1/C=N/NC(=O)c1cccc(/C=C/C(=O)NO)c1. The summed E-state index contributed by atoms with van der Waals surface area (Å²) in [6, 6.07) is 11.4. The maximum absolute atomic E-state index is 12.1. The summed E-state index contributed by atoms with van der Waals surface area (Å²) in [5.74, 6) is -0.971. The standard InChI is InChI=1S/C18H17N3O4/c1-12-5-7-16(22)10-15(12)11-19-20-18(24)14-4-2-3-13(9-14)6-8-17(23)21-25/h2-11,22,25H,1H3,(H,20,24)(H,21,23)/b8-6+,19-11+. The molecule has 0 aromatic heterocycles. The van der Waals surface area contributed by atoms with Crippen molar-refractivity contribution in [3.05, 3.63) is 70.8 Å². The number of nitrogens with zero attached hydrogens (tertiary/aromatic N) is 1. The molecule has 7 nitrogen and oxygen atoms in total. The second-order valence-corrected chi connectivity index (χ2v) is 5.17. The second-order valence-electron chi connectivity index (χ2n) is 5.17. The van der Waals surface area contributed by atoms with E-state index >= 15 is 0 Å². The van der Waals surface area contributed by atoms with Gasteiger partial charge in [-0.25, -0.2) is 10.9 Å². The number of carbonyl (C=O) groups is 2. The van der Waals surface area contributed by atoms with Crippen molar-refractivity contribution < 1.29 is 19.9 Å². The van der Waals surface area contributed by atoms with E-state index in [-0.39, 0.29) is 5.75 Å². The van der Waals surface area contributed by atoms with Crippen molar-refractivity contribution in [1.82, 2.24) is 10.9 Å². The van der Waals surface area contributed by atoms with E-state index in [0.717, 1.165) is 11.6 Å². The van der Waals surface area contributed by atoms with Crippen LogP contribution in [0, 0.1) is 6.92 Å². The molecule has 2 rings (SSSR count). The molecule has 0 radical (unpaired) electrons. The van der Waals surface area contributed by atoms with Crippen LogP contribution in [0.1, 0.15) is 27.0 Å². The lowest BCUT2D eigenvalue weighted by atomic mass is 10.1. The number of nitrogens with one attached hydrogen (secondary N) is 2. The van der Waals surface area contributed by atoms with Crippen molar-refractivity contribution in [1.29, 1.82) is 0 Å². The number of phenols is 1. The first-order valence-electron chi connectivity index (χ1n) is 7.35. The van der Waals surface area contributed by atoms with E-state index in [1.807, 2.05) is 6.92 Å². The fourth-order valence-electron chi connectivity index (χ4n) is 1.98. The Labute approximate surface area is 144 Å². The quantitative estimate of drug-likeness (QED) is 0.289. The summed E-state index contributed by atoms with van der Waals surface area (Å²) in [4.78, 5) is 23.1. The third-order valence-corrected chi connectivity index (χ3v) is 3.32. The molecule has 0 heterocycles. The van der Waals surface area contributed by atoms with Crippen LogP contribution in [0.5, 0.6) is 5.75 Å². The molecule has 0 bridgehead atoms. The number of phenolic OH excluding ortho intramolecular Hbond substituents is 1. The number of amides is 2. The lowest BCUT2D eigenvalue weighted by molar-refractivity contribution is -0.124. The molecule has 0 saturated heterocycles. The number of carbonyl (C=O) groups excluding carboxylic acids is 2. The van der Waals surface area contributed by atoms with E-state index in [9.17, 15) is 14.7 Å². The number of hydroxylamine groups is 1. The number of aromatic hydroxyl groups is 1. The number of hydrogen-bond donors (Lipinski definition) is 4. The number of hydrazone groups is 1. The molecule has 2 aromatic carbocycles. The fourth-order valence-corrected chi connectivity index (χ4v) is 1.98. The Hall–Kier alpha value is -3.45. The van der Waals surface area contributed by atoms with Gasteiger partial charge in [0.15, 0.2) is 0 Å². The molecule has 25 heavy (non-hydrogen) atoms. The zero-order valence-electron chi connectivity index (χ0n) is 13.4. The second kappa shape index (κ2) is 8.42. The molecule has 0 unspecified atom stereocenters. The first-order valence-corrected chi connectivity index (χ1v) is 7.35. The molecule has 0 spiro atoms. The maximum Gasteiger partial charge on any atom is 0.271 e. The lowest BCUT2D eigenvalue weighted by Crippen LogP contribution is -2.17. The Balaban J connectivity index is 2.06. The normalized spacial score (nSPS) is 11.0. The zero-order chi connectivity index (χ0) is 18.2. The van der Waals surface area contributed by atoms with Crippen molar-refractivity contribution in [2.24, 2.45) is 5.10 Å². The van der Waals surface area contributed by atoms with Gasteiger partial charge in [-0.05, 0) is 48.4 Å². The average Bonchev–Trinajstić information content (AvgIpc) is 2.62. The summed E-state index contributed by atoms with van der Waals surface area (Å²) in [5.41, 5.74) is 6.45. The lowest BCUT2D eigenvalue weighted by Gasteiger charge is -2.03. The van der Waals surface area contributed by atoms with E-state index in [4.69, 9.17) is 5.21 Å². The van der Waals surface area contributed by atoms with Crippen LogP contribution in [-0.4, -0.2) is 28.3 Å². The first-order chi connectivity index (χ1) is 12.0. The highest BCUT2D eigenvalue weighted by molar-refractivity contribution is 5.96. The number of benzene rings is 2. The van der Waals surface area contributed by atoms with Gasteiger partial charge in [-0.2, -0.15) is 5.10 Å². The Kier molecular flexibility index (Phi) is 6.02. The van der Waals surface area contributed by atoms with Crippen molar-refractivity contribution in [2.45, 2.75) is 6.92 Å². The highest BCUT2D eigenvalue weighted by Crippen LogP contribution is 2.14. The molecule has 0 aliphatic carbocycles. The molecule has 4 N–H and O–H groups in total. The maximum atomic E-state index is 12.1. The van der Waals surface area contributed by atoms with Gasteiger partial charge in [0.05, 0.1) is 6.21 Å². The summed E-state index contributed by atoms with van der Waals surface area (Å²) in [6.07, 6.45) is 4.05. The Morgan fingerprint density at radius 3 is 2.72 bits per heavy atom. The van der Waals surface area contributed by atoms with Gasteiger partial charge in [-0.3, -0.25) is 14.8 Å². The average molecular weight is 339 g/mol. The molecular weight excluding hydrogens is 322 g/mol. The summed E-state index contributed by atoms with van der Waals surface area (Å²) in [5, 5.41) is 21.8. The molecule has 0 aliphatic rings. The van der Waals surface area contributed by atoms with Gasteiger partial charge in [0.25, 0.3) is 11.8 Å². The van der Waals surface area contributed by atoms with Crippen molar-refractivity contribution in [2.75, 3.05) is 0 Å². The first kappa shape index (κ1) is 17.9. The molecule has 128 valence electrons. The third kappa shape index (κ3) is 5.29. The van der Waals surface area contributed by atoms with Crippen LogP contribution in [0.15, 0.2) is 53.6 Å². The minimum Gasteiger partial charge on any atom is -0.508 e. The van der Waals surface area contributed by atoms with Crippen LogP contribution in [0.4, 0.5) is 0 Å². The van der Waals surface area contributed by atoms with Gasteiger partial charge < -0.3 is 5.11 Å².